The second-order valence-electron chi connectivity index (χ2n) is 6.40. The van der Waals surface area contributed by atoms with E-state index in [1.54, 1.807) is 0 Å². The van der Waals surface area contributed by atoms with Crippen molar-refractivity contribution in [1.82, 2.24) is 0 Å². The smallest absolute Gasteiger partial charge is 0.309 e. The zero-order chi connectivity index (χ0) is 15.3. The summed E-state index contributed by atoms with van der Waals surface area (Å²) in [6, 6.07) is 7.62. The van der Waals surface area contributed by atoms with Crippen LogP contribution in [0.15, 0.2) is 24.3 Å². The number of unbranched alkanes of at least 4 members (excludes halogenated alkanes) is 1. The third-order valence-corrected chi connectivity index (χ3v) is 3.69. The van der Waals surface area contributed by atoms with Gasteiger partial charge in [-0.15, -0.1) is 0 Å². The fourth-order valence-electron chi connectivity index (χ4n) is 2.25. The standard InChI is InChI=1S/C17H26O3/c1-5-6-7-14(16(19)20)15(18)12-8-10-13(11-9-12)17(2,3)4/h8-11,14-15,18H,5-7H2,1-4H3,(H,19,20). The van der Waals surface area contributed by atoms with Crippen LogP contribution in [0, 0.1) is 5.92 Å². The first kappa shape index (κ1) is 16.7. The van der Waals surface area contributed by atoms with E-state index in [1.165, 1.54) is 5.56 Å². The minimum atomic E-state index is -0.937. The van der Waals surface area contributed by atoms with Crippen molar-refractivity contribution < 1.29 is 15.0 Å². The Morgan fingerprint density at radius 1 is 1.20 bits per heavy atom. The van der Waals surface area contributed by atoms with Crippen LogP contribution in [0.5, 0.6) is 0 Å². The summed E-state index contributed by atoms with van der Waals surface area (Å²) in [6.07, 6.45) is 1.31. The molecule has 0 aromatic heterocycles. The van der Waals surface area contributed by atoms with Crippen molar-refractivity contribution in [1.29, 1.82) is 0 Å². The summed E-state index contributed by atoms with van der Waals surface area (Å²) >= 11 is 0. The number of rotatable bonds is 6. The van der Waals surface area contributed by atoms with E-state index in [2.05, 4.69) is 20.8 Å². The van der Waals surface area contributed by atoms with Gasteiger partial charge < -0.3 is 10.2 Å². The molecular weight excluding hydrogens is 252 g/mol. The minimum Gasteiger partial charge on any atom is -0.481 e. The summed E-state index contributed by atoms with van der Waals surface area (Å²) in [5.41, 5.74) is 1.91. The lowest BCUT2D eigenvalue weighted by Gasteiger charge is -2.22. The van der Waals surface area contributed by atoms with Crippen LogP contribution in [-0.2, 0) is 10.2 Å². The first-order valence-electron chi connectivity index (χ1n) is 7.28. The molecule has 0 spiro atoms. The van der Waals surface area contributed by atoms with E-state index in [0.717, 1.165) is 12.8 Å². The number of aliphatic carboxylic acids is 1. The maximum absolute atomic E-state index is 11.3. The number of carboxylic acids is 1. The van der Waals surface area contributed by atoms with Gasteiger partial charge in [0.1, 0.15) is 0 Å². The molecule has 2 N–H and O–H groups in total. The number of hydrogen-bond acceptors (Lipinski definition) is 2. The van der Waals surface area contributed by atoms with Crippen LogP contribution < -0.4 is 0 Å². The Kier molecular flexibility index (Phi) is 5.75. The Hall–Kier alpha value is -1.35. The maximum atomic E-state index is 11.3. The molecule has 0 aliphatic rings. The van der Waals surface area contributed by atoms with Gasteiger partial charge in [-0.3, -0.25) is 4.79 Å². The van der Waals surface area contributed by atoms with Crippen molar-refractivity contribution in [3.63, 3.8) is 0 Å². The zero-order valence-electron chi connectivity index (χ0n) is 12.9. The molecule has 0 heterocycles. The van der Waals surface area contributed by atoms with E-state index in [9.17, 15) is 15.0 Å². The molecule has 2 atom stereocenters. The summed E-state index contributed by atoms with van der Waals surface area (Å²) in [6.45, 7) is 8.39. The van der Waals surface area contributed by atoms with Crippen LogP contribution in [-0.4, -0.2) is 16.2 Å². The Labute approximate surface area is 121 Å². The molecule has 1 aromatic rings. The highest BCUT2D eigenvalue weighted by Crippen LogP contribution is 2.29. The van der Waals surface area contributed by atoms with Crippen molar-refractivity contribution in [2.75, 3.05) is 0 Å². The normalized spacial score (nSPS) is 14.8. The first-order valence-corrected chi connectivity index (χ1v) is 7.28. The van der Waals surface area contributed by atoms with Gasteiger partial charge in [0.15, 0.2) is 0 Å². The number of aliphatic hydroxyl groups excluding tert-OH is 1. The molecular formula is C17H26O3. The fraction of sp³-hybridized carbons (Fsp3) is 0.588. The van der Waals surface area contributed by atoms with Crippen LogP contribution in [0.25, 0.3) is 0 Å². The molecule has 112 valence electrons. The summed E-state index contributed by atoms with van der Waals surface area (Å²) in [4.78, 5) is 11.3. The van der Waals surface area contributed by atoms with Gasteiger partial charge in [0.25, 0.3) is 0 Å². The van der Waals surface area contributed by atoms with E-state index in [1.807, 2.05) is 31.2 Å². The molecule has 2 unspecified atom stereocenters. The predicted molar refractivity (Wildman–Crippen MR) is 80.8 cm³/mol. The third kappa shape index (κ3) is 4.34. The van der Waals surface area contributed by atoms with Gasteiger partial charge in [0, 0.05) is 0 Å². The summed E-state index contributed by atoms with van der Waals surface area (Å²) < 4.78 is 0. The second kappa shape index (κ2) is 6.89. The maximum Gasteiger partial charge on any atom is 0.309 e. The van der Waals surface area contributed by atoms with E-state index in [0.29, 0.717) is 12.0 Å². The highest BCUT2D eigenvalue weighted by molar-refractivity contribution is 5.71. The molecule has 0 saturated carbocycles. The van der Waals surface area contributed by atoms with E-state index < -0.39 is 18.0 Å². The van der Waals surface area contributed by atoms with Crippen molar-refractivity contribution in [2.24, 2.45) is 5.92 Å². The van der Waals surface area contributed by atoms with Crippen LogP contribution in [0.4, 0.5) is 0 Å². The second-order valence-corrected chi connectivity index (χ2v) is 6.40. The summed E-state index contributed by atoms with van der Waals surface area (Å²) in [5, 5.41) is 19.5. The molecule has 20 heavy (non-hydrogen) atoms. The fourth-order valence-corrected chi connectivity index (χ4v) is 2.25. The zero-order valence-corrected chi connectivity index (χ0v) is 12.9. The number of carbonyl (C=O) groups is 1. The highest BCUT2D eigenvalue weighted by atomic mass is 16.4. The van der Waals surface area contributed by atoms with Crippen LogP contribution in [0.1, 0.15) is 64.2 Å². The van der Waals surface area contributed by atoms with E-state index in [-0.39, 0.29) is 5.41 Å². The Bertz CT molecular complexity index is 429. The molecule has 0 fully saturated rings. The quantitative estimate of drug-likeness (QED) is 0.829. The summed E-state index contributed by atoms with van der Waals surface area (Å²) in [5.74, 6) is -1.65. The number of carboxylic acid groups (broad SMARTS) is 1. The van der Waals surface area contributed by atoms with E-state index >= 15 is 0 Å². The first-order chi connectivity index (χ1) is 9.27. The topological polar surface area (TPSA) is 57.5 Å². The highest BCUT2D eigenvalue weighted by Gasteiger charge is 2.27. The van der Waals surface area contributed by atoms with Gasteiger partial charge in [-0.25, -0.2) is 0 Å². The van der Waals surface area contributed by atoms with Gasteiger partial charge >= 0.3 is 5.97 Å². The molecule has 0 radical (unpaired) electrons. The number of aliphatic hydroxyl groups is 1. The summed E-state index contributed by atoms with van der Waals surface area (Å²) in [7, 11) is 0. The monoisotopic (exact) mass is 278 g/mol. The lowest BCUT2D eigenvalue weighted by Crippen LogP contribution is -2.22. The van der Waals surface area contributed by atoms with Crippen molar-refractivity contribution >= 4 is 5.97 Å². The number of benzene rings is 1. The Morgan fingerprint density at radius 2 is 1.75 bits per heavy atom. The average Bonchev–Trinajstić information content (AvgIpc) is 2.37. The van der Waals surface area contributed by atoms with Crippen LogP contribution >= 0.6 is 0 Å². The molecule has 1 aromatic carbocycles. The van der Waals surface area contributed by atoms with Gasteiger partial charge in [0.05, 0.1) is 12.0 Å². The van der Waals surface area contributed by atoms with Crippen molar-refractivity contribution in [3.8, 4) is 0 Å². The SMILES string of the molecule is CCCCC(C(=O)O)C(O)c1ccc(C(C)(C)C)cc1. The van der Waals surface area contributed by atoms with Gasteiger partial charge in [-0.05, 0) is 23.0 Å². The van der Waals surface area contributed by atoms with Gasteiger partial charge in [0.2, 0.25) is 0 Å². The molecule has 0 amide bonds. The van der Waals surface area contributed by atoms with Crippen LogP contribution in [0.2, 0.25) is 0 Å². The largest absolute Gasteiger partial charge is 0.481 e. The average molecular weight is 278 g/mol. The van der Waals surface area contributed by atoms with E-state index in [4.69, 9.17) is 0 Å². The molecule has 0 bridgehead atoms. The molecule has 0 saturated heterocycles. The minimum absolute atomic E-state index is 0.0535. The van der Waals surface area contributed by atoms with Crippen LogP contribution in [0.3, 0.4) is 0 Å². The lowest BCUT2D eigenvalue weighted by molar-refractivity contribution is -0.146. The molecule has 3 heteroatoms. The molecule has 3 nitrogen and oxygen atoms in total. The predicted octanol–water partition coefficient (Wildman–Crippen LogP) is 3.91. The van der Waals surface area contributed by atoms with Gasteiger partial charge in [-0.2, -0.15) is 0 Å². The Morgan fingerprint density at radius 3 is 2.15 bits per heavy atom. The Balaban J connectivity index is 2.89. The van der Waals surface area contributed by atoms with Gasteiger partial charge in [-0.1, -0.05) is 64.8 Å². The number of hydrogen-bond donors (Lipinski definition) is 2. The lowest BCUT2D eigenvalue weighted by atomic mass is 9.85. The third-order valence-electron chi connectivity index (χ3n) is 3.69. The van der Waals surface area contributed by atoms with Crippen molar-refractivity contribution in [3.05, 3.63) is 35.4 Å². The molecule has 0 aliphatic carbocycles. The molecule has 1 rings (SSSR count). The van der Waals surface area contributed by atoms with Crippen molar-refractivity contribution in [2.45, 2.75) is 58.5 Å². The molecule has 0 aliphatic heterocycles.